The molecular formula is C14H26ClN3. The minimum absolute atomic E-state index is 0.316. The van der Waals surface area contributed by atoms with Gasteiger partial charge in [-0.05, 0) is 13.5 Å². The summed E-state index contributed by atoms with van der Waals surface area (Å²) in [6.07, 6.45) is 10.8. The fourth-order valence-corrected chi connectivity index (χ4v) is 2.66. The smallest absolute Gasteiger partial charge is 0.0833 e. The second kappa shape index (κ2) is 8.54. The largest absolute Gasteiger partial charge is 0.312 e. The van der Waals surface area contributed by atoms with Crippen molar-refractivity contribution in [2.24, 2.45) is 7.05 Å². The lowest BCUT2D eigenvalue weighted by Gasteiger charge is -2.17. The highest BCUT2D eigenvalue weighted by Crippen LogP contribution is 2.26. The van der Waals surface area contributed by atoms with Crippen LogP contribution in [0.1, 0.15) is 63.6 Å². The predicted octanol–water partition coefficient (Wildman–Crippen LogP) is 4.08. The summed E-state index contributed by atoms with van der Waals surface area (Å²) in [6.45, 7) is 2.25. The van der Waals surface area contributed by atoms with Crippen molar-refractivity contribution in [3.8, 4) is 0 Å². The third kappa shape index (κ3) is 4.62. The number of hydrogen-bond acceptors (Lipinski definition) is 2. The van der Waals surface area contributed by atoms with Crippen LogP contribution in [0.5, 0.6) is 0 Å². The van der Waals surface area contributed by atoms with E-state index in [9.17, 15) is 0 Å². The Kier molecular flexibility index (Phi) is 7.36. The molecule has 3 nitrogen and oxygen atoms in total. The maximum absolute atomic E-state index is 6.18. The van der Waals surface area contributed by atoms with Crippen molar-refractivity contribution in [1.29, 1.82) is 0 Å². The molecule has 18 heavy (non-hydrogen) atoms. The fraction of sp³-hybridized carbons (Fsp3) is 0.786. The highest BCUT2D eigenvalue weighted by atomic mass is 35.5. The fourth-order valence-electron chi connectivity index (χ4n) is 2.36. The molecule has 1 unspecified atom stereocenters. The predicted molar refractivity (Wildman–Crippen MR) is 78.0 cm³/mol. The van der Waals surface area contributed by atoms with Crippen molar-refractivity contribution in [1.82, 2.24) is 15.1 Å². The SMILES string of the molecule is CCCCCCCCC(NC)c1c(Cl)cnn1C. The van der Waals surface area contributed by atoms with Crippen LogP contribution in [-0.4, -0.2) is 16.8 Å². The molecule has 0 spiro atoms. The molecule has 1 N–H and O–H groups in total. The summed E-state index contributed by atoms with van der Waals surface area (Å²) in [5.74, 6) is 0. The number of nitrogens with zero attached hydrogens (tertiary/aromatic N) is 2. The number of halogens is 1. The molecule has 0 aliphatic rings. The van der Waals surface area contributed by atoms with Gasteiger partial charge in [0.2, 0.25) is 0 Å². The summed E-state index contributed by atoms with van der Waals surface area (Å²) in [7, 11) is 3.94. The molecule has 104 valence electrons. The number of hydrogen-bond donors (Lipinski definition) is 1. The molecule has 0 amide bonds. The average Bonchev–Trinajstić information content (AvgIpc) is 2.69. The zero-order valence-electron chi connectivity index (χ0n) is 11.9. The Bertz CT molecular complexity index is 316. The van der Waals surface area contributed by atoms with E-state index >= 15 is 0 Å². The second-order valence-electron chi connectivity index (χ2n) is 4.90. The Labute approximate surface area is 116 Å². The molecule has 1 heterocycles. The third-order valence-electron chi connectivity index (χ3n) is 3.46. The first-order valence-corrected chi connectivity index (χ1v) is 7.43. The summed E-state index contributed by atoms with van der Waals surface area (Å²) in [5, 5.41) is 8.31. The molecule has 0 fully saturated rings. The van der Waals surface area contributed by atoms with Crippen LogP contribution in [0, 0.1) is 0 Å². The van der Waals surface area contributed by atoms with E-state index < -0.39 is 0 Å². The van der Waals surface area contributed by atoms with Crippen molar-refractivity contribution < 1.29 is 0 Å². The Morgan fingerprint density at radius 1 is 1.28 bits per heavy atom. The van der Waals surface area contributed by atoms with Crippen LogP contribution >= 0.6 is 11.6 Å². The first-order valence-electron chi connectivity index (χ1n) is 7.05. The van der Waals surface area contributed by atoms with E-state index in [0.717, 1.165) is 17.1 Å². The topological polar surface area (TPSA) is 29.9 Å². The van der Waals surface area contributed by atoms with Crippen molar-refractivity contribution in [2.45, 2.75) is 57.9 Å². The summed E-state index contributed by atoms with van der Waals surface area (Å²) < 4.78 is 1.88. The zero-order valence-corrected chi connectivity index (χ0v) is 12.6. The highest BCUT2D eigenvalue weighted by Gasteiger charge is 2.16. The van der Waals surface area contributed by atoms with Crippen LogP contribution in [0.25, 0.3) is 0 Å². The Morgan fingerprint density at radius 2 is 1.94 bits per heavy atom. The number of aromatic nitrogens is 2. The van der Waals surface area contributed by atoms with Crippen LogP contribution < -0.4 is 5.32 Å². The van der Waals surface area contributed by atoms with Gasteiger partial charge in [0.05, 0.1) is 23.0 Å². The van der Waals surface area contributed by atoms with Gasteiger partial charge in [-0.3, -0.25) is 4.68 Å². The average molecular weight is 272 g/mol. The van der Waals surface area contributed by atoms with Crippen molar-refractivity contribution in [2.75, 3.05) is 7.05 Å². The molecule has 0 saturated carbocycles. The van der Waals surface area contributed by atoms with Gasteiger partial charge in [-0.15, -0.1) is 0 Å². The minimum atomic E-state index is 0.316. The molecule has 0 bridgehead atoms. The van der Waals surface area contributed by atoms with Gasteiger partial charge < -0.3 is 5.32 Å². The van der Waals surface area contributed by atoms with Gasteiger partial charge in [0, 0.05) is 7.05 Å². The zero-order chi connectivity index (χ0) is 13.4. The lowest BCUT2D eigenvalue weighted by molar-refractivity contribution is 0.471. The summed E-state index contributed by atoms with van der Waals surface area (Å²) in [5.41, 5.74) is 1.10. The van der Waals surface area contributed by atoms with Gasteiger partial charge in [-0.1, -0.05) is 57.0 Å². The molecule has 0 aromatic carbocycles. The van der Waals surface area contributed by atoms with Gasteiger partial charge in [0.15, 0.2) is 0 Å². The van der Waals surface area contributed by atoms with Crippen LogP contribution in [-0.2, 0) is 7.05 Å². The van der Waals surface area contributed by atoms with Crippen LogP contribution in [0.3, 0.4) is 0 Å². The maximum Gasteiger partial charge on any atom is 0.0833 e. The molecule has 0 aliphatic heterocycles. The normalized spacial score (nSPS) is 12.9. The first-order chi connectivity index (χ1) is 8.70. The minimum Gasteiger partial charge on any atom is -0.312 e. The van der Waals surface area contributed by atoms with Crippen LogP contribution in [0.4, 0.5) is 0 Å². The van der Waals surface area contributed by atoms with Gasteiger partial charge in [-0.2, -0.15) is 5.10 Å². The molecule has 1 atom stereocenters. The monoisotopic (exact) mass is 271 g/mol. The molecule has 0 saturated heterocycles. The molecule has 4 heteroatoms. The van der Waals surface area contributed by atoms with E-state index in [4.69, 9.17) is 11.6 Å². The van der Waals surface area contributed by atoms with Crippen molar-refractivity contribution in [3.05, 3.63) is 16.9 Å². The van der Waals surface area contributed by atoms with E-state index in [2.05, 4.69) is 17.3 Å². The Morgan fingerprint density at radius 3 is 2.50 bits per heavy atom. The molecule has 0 radical (unpaired) electrons. The number of rotatable bonds is 9. The maximum atomic E-state index is 6.18. The standard InChI is InChI=1S/C14H26ClN3/c1-4-5-6-7-8-9-10-13(16-2)14-12(15)11-17-18(14)3/h11,13,16H,4-10H2,1-3H3. The summed E-state index contributed by atoms with van der Waals surface area (Å²) in [6, 6.07) is 0.316. The van der Waals surface area contributed by atoms with Crippen LogP contribution in [0.15, 0.2) is 6.20 Å². The summed E-state index contributed by atoms with van der Waals surface area (Å²) >= 11 is 6.18. The van der Waals surface area contributed by atoms with Gasteiger partial charge in [0.1, 0.15) is 0 Å². The van der Waals surface area contributed by atoms with Gasteiger partial charge in [-0.25, -0.2) is 0 Å². The third-order valence-corrected chi connectivity index (χ3v) is 3.75. The lowest BCUT2D eigenvalue weighted by atomic mass is 10.0. The molecule has 1 rings (SSSR count). The quantitative estimate of drug-likeness (QED) is 0.686. The van der Waals surface area contributed by atoms with E-state index in [1.807, 2.05) is 18.8 Å². The van der Waals surface area contributed by atoms with Crippen LogP contribution in [0.2, 0.25) is 5.02 Å². The lowest BCUT2D eigenvalue weighted by Crippen LogP contribution is -2.19. The second-order valence-corrected chi connectivity index (χ2v) is 5.31. The highest BCUT2D eigenvalue weighted by molar-refractivity contribution is 6.31. The molecule has 1 aromatic rings. The number of nitrogens with one attached hydrogen (secondary N) is 1. The Hall–Kier alpha value is -0.540. The van der Waals surface area contributed by atoms with E-state index in [1.165, 1.54) is 38.5 Å². The van der Waals surface area contributed by atoms with Crippen molar-refractivity contribution in [3.63, 3.8) is 0 Å². The van der Waals surface area contributed by atoms with E-state index in [-0.39, 0.29) is 0 Å². The van der Waals surface area contributed by atoms with E-state index in [1.54, 1.807) is 6.20 Å². The van der Waals surface area contributed by atoms with Crippen molar-refractivity contribution >= 4 is 11.6 Å². The molecular weight excluding hydrogens is 246 g/mol. The van der Waals surface area contributed by atoms with E-state index in [0.29, 0.717) is 6.04 Å². The number of unbranched alkanes of at least 4 members (excludes halogenated alkanes) is 5. The van der Waals surface area contributed by atoms with Gasteiger partial charge >= 0.3 is 0 Å². The van der Waals surface area contributed by atoms with Gasteiger partial charge in [0.25, 0.3) is 0 Å². The summed E-state index contributed by atoms with van der Waals surface area (Å²) in [4.78, 5) is 0. The molecule has 1 aromatic heterocycles. The Balaban J connectivity index is 2.34. The first kappa shape index (κ1) is 15.5. The molecule has 0 aliphatic carbocycles. The number of aryl methyl sites for hydroxylation is 1.